The molecule has 0 atom stereocenters. The predicted octanol–water partition coefficient (Wildman–Crippen LogP) is 0.158. The van der Waals surface area contributed by atoms with E-state index in [9.17, 15) is 4.57 Å². The van der Waals surface area contributed by atoms with Crippen LogP contribution in [0.1, 0.15) is 0 Å². The molecule has 0 radical (unpaired) electrons. The average molecular weight is 328 g/mol. The lowest BCUT2D eigenvalue weighted by Gasteiger charge is -2.08. The zero-order valence-electron chi connectivity index (χ0n) is 11.7. The van der Waals surface area contributed by atoms with E-state index >= 15 is 0 Å². The molecule has 0 aliphatic rings. The Morgan fingerprint density at radius 3 is 2.95 bits per heavy atom. The maximum atomic E-state index is 10.7. The van der Waals surface area contributed by atoms with Gasteiger partial charge in [0.1, 0.15) is 6.35 Å². The Kier molecular flexibility index (Phi) is 5.09. The number of hydrogen-bond acceptors (Lipinski definition) is 7. The summed E-state index contributed by atoms with van der Waals surface area (Å²) < 4.78 is 17.3. The summed E-state index contributed by atoms with van der Waals surface area (Å²) in [6.07, 6.45) is 2.60. The highest BCUT2D eigenvalue weighted by molar-refractivity contribution is 7.51. The molecule has 0 spiro atoms. The minimum atomic E-state index is -4.16. The van der Waals surface area contributed by atoms with Gasteiger partial charge in [0.25, 0.3) is 0 Å². The number of anilines is 2. The van der Waals surface area contributed by atoms with E-state index in [2.05, 4.69) is 26.8 Å². The van der Waals surface area contributed by atoms with E-state index in [1.54, 1.807) is 17.0 Å². The van der Waals surface area contributed by atoms with Gasteiger partial charge in [-0.1, -0.05) is 6.08 Å². The molecule has 22 heavy (non-hydrogen) atoms. The fraction of sp³-hybridized carbons (Fsp3) is 0.364. The van der Waals surface area contributed by atoms with Crippen molar-refractivity contribution in [1.29, 1.82) is 0 Å². The standard InChI is InChI=1S/C11H17N6O4P/c1-2-3-13-9-8-10(16-11(12)15-9)17(6-14-8)4-5-21-7-22(18,19)20/h2,6H,1,3-5,7H2,(H2,18,19,20)(H3,12,13,15,16). The van der Waals surface area contributed by atoms with Crippen LogP contribution in [0.2, 0.25) is 0 Å². The van der Waals surface area contributed by atoms with Crippen LogP contribution in [0.3, 0.4) is 0 Å². The largest absolute Gasteiger partial charge is 0.368 e. The topological polar surface area (TPSA) is 148 Å². The SMILES string of the molecule is C=CCNc1nc(N)nc2c1ncn2CCOCP(=O)(O)O. The van der Waals surface area contributed by atoms with Gasteiger partial charge in [-0.3, -0.25) is 4.57 Å². The lowest BCUT2D eigenvalue weighted by atomic mass is 10.4. The van der Waals surface area contributed by atoms with Gasteiger partial charge < -0.3 is 30.1 Å². The molecule has 0 saturated heterocycles. The molecular formula is C11H17N6O4P. The second-order valence-corrected chi connectivity index (χ2v) is 6.00. The van der Waals surface area contributed by atoms with E-state index in [0.717, 1.165) is 0 Å². The Hall–Kier alpha value is -2.00. The summed E-state index contributed by atoms with van der Waals surface area (Å²) in [5.74, 6) is 0.592. The minimum absolute atomic E-state index is 0.0944. The molecular weight excluding hydrogens is 311 g/mol. The number of nitrogens with zero attached hydrogens (tertiary/aromatic N) is 4. The van der Waals surface area contributed by atoms with Gasteiger partial charge in [0.15, 0.2) is 17.0 Å². The summed E-state index contributed by atoms with van der Waals surface area (Å²) >= 11 is 0. The third-order valence-electron chi connectivity index (χ3n) is 2.63. The molecule has 0 aromatic carbocycles. The number of rotatable bonds is 8. The van der Waals surface area contributed by atoms with Crippen molar-refractivity contribution in [2.24, 2.45) is 0 Å². The molecule has 2 heterocycles. The van der Waals surface area contributed by atoms with Crippen molar-refractivity contribution in [3.8, 4) is 0 Å². The molecule has 0 amide bonds. The molecule has 0 saturated carbocycles. The summed E-state index contributed by atoms with van der Waals surface area (Å²) in [5.41, 5.74) is 6.73. The first-order chi connectivity index (χ1) is 10.4. The summed E-state index contributed by atoms with van der Waals surface area (Å²) in [4.78, 5) is 29.8. The monoisotopic (exact) mass is 328 g/mol. The summed E-state index contributed by atoms with van der Waals surface area (Å²) in [5, 5.41) is 3.02. The number of nitrogens with two attached hydrogens (primary N) is 1. The van der Waals surface area contributed by atoms with Crippen molar-refractivity contribution in [1.82, 2.24) is 19.5 Å². The highest BCUT2D eigenvalue weighted by Crippen LogP contribution is 2.33. The number of imidazole rings is 1. The number of ether oxygens (including phenoxy) is 1. The summed E-state index contributed by atoms with van der Waals surface area (Å²) in [6.45, 7) is 4.55. The molecule has 11 heteroatoms. The Morgan fingerprint density at radius 2 is 2.27 bits per heavy atom. The number of aromatic nitrogens is 4. The van der Waals surface area contributed by atoms with Crippen LogP contribution in [0.5, 0.6) is 0 Å². The molecule has 10 nitrogen and oxygen atoms in total. The van der Waals surface area contributed by atoms with Crippen molar-refractivity contribution >= 4 is 30.5 Å². The van der Waals surface area contributed by atoms with Crippen LogP contribution >= 0.6 is 7.60 Å². The van der Waals surface area contributed by atoms with E-state index < -0.39 is 13.9 Å². The number of nitrogen functional groups attached to an aromatic ring is 1. The zero-order chi connectivity index (χ0) is 16.2. The van der Waals surface area contributed by atoms with Gasteiger partial charge in [-0.15, -0.1) is 6.58 Å². The van der Waals surface area contributed by atoms with E-state index in [4.69, 9.17) is 20.3 Å². The fourth-order valence-electron chi connectivity index (χ4n) is 1.76. The van der Waals surface area contributed by atoms with Crippen molar-refractivity contribution in [3.63, 3.8) is 0 Å². The molecule has 0 aliphatic carbocycles. The van der Waals surface area contributed by atoms with E-state index in [1.165, 1.54) is 0 Å². The van der Waals surface area contributed by atoms with Gasteiger partial charge in [-0.25, -0.2) is 4.98 Å². The Morgan fingerprint density at radius 1 is 1.50 bits per heavy atom. The van der Waals surface area contributed by atoms with Crippen molar-refractivity contribution < 1.29 is 19.1 Å². The number of nitrogens with one attached hydrogen (secondary N) is 1. The Labute approximate surface area is 126 Å². The lowest BCUT2D eigenvalue weighted by molar-refractivity contribution is 0.149. The number of hydrogen-bond donors (Lipinski definition) is 4. The molecule has 2 aromatic rings. The maximum absolute atomic E-state index is 10.7. The lowest BCUT2D eigenvalue weighted by Crippen LogP contribution is -2.09. The maximum Gasteiger partial charge on any atom is 0.350 e. The summed E-state index contributed by atoms with van der Waals surface area (Å²) in [7, 11) is -4.16. The van der Waals surface area contributed by atoms with Crippen molar-refractivity contribution in [2.75, 3.05) is 30.6 Å². The molecule has 120 valence electrons. The highest BCUT2D eigenvalue weighted by atomic mass is 31.2. The Bertz CT molecular complexity index is 712. The first kappa shape index (κ1) is 16.4. The van der Waals surface area contributed by atoms with E-state index in [1.807, 2.05) is 0 Å². The normalized spacial score (nSPS) is 11.7. The van der Waals surface area contributed by atoms with Crippen LogP contribution in [-0.4, -0.2) is 48.8 Å². The van der Waals surface area contributed by atoms with Crippen LogP contribution in [0, 0.1) is 0 Å². The van der Waals surface area contributed by atoms with Crippen LogP contribution < -0.4 is 11.1 Å². The van der Waals surface area contributed by atoms with Gasteiger partial charge in [0.2, 0.25) is 5.95 Å². The van der Waals surface area contributed by atoms with Crippen LogP contribution in [0.25, 0.3) is 11.2 Å². The first-order valence-corrected chi connectivity index (χ1v) is 8.16. The average Bonchev–Trinajstić information content (AvgIpc) is 2.83. The van der Waals surface area contributed by atoms with Gasteiger partial charge >= 0.3 is 7.60 Å². The molecule has 5 N–H and O–H groups in total. The molecule has 0 fully saturated rings. The minimum Gasteiger partial charge on any atom is -0.368 e. The molecule has 2 aromatic heterocycles. The van der Waals surface area contributed by atoms with Crippen LogP contribution in [0.4, 0.5) is 11.8 Å². The molecule has 2 rings (SSSR count). The molecule has 0 aliphatic heterocycles. The van der Waals surface area contributed by atoms with Gasteiger partial charge in [0.05, 0.1) is 12.9 Å². The van der Waals surface area contributed by atoms with E-state index in [-0.39, 0.29) is 12.6 Å². The molecule has 0 bridgehead atoms. The second kappa shape index (κ2) is 6.84. The second-order valence-electron chi connectivity index (χ2n) is 4.41. The molecule has 0 unspecified atom stereocenters. The van der Waals surface area contributed by atoms with Crippen molar-refractivity contribution in [2.45, 2.75) is 6.54 Å². The van der Waals surface area contributed by atoms with E-state index in [0.29, 0.717) is 30.1 Å². The van der Waals surface area contributed by atoms with Crippen LogP contribution in [0.15, 0.2) is 19.0 Å². The van der Waals surface area contributed by atoms with Gasteiger partial charge in [-0.2, -0.15) is 9.97 Å². The Balaban J connectivity index is 2.13. The first-order valence-electron chi connectivity index (χ1n) is 6.36. The van der Waals surface area contributed by atoms with Gasteiger partial charge in [0, 0.05) is 13.1 Å². The van der Waals surface area contributed by atoms with Crippen LogP contribution in [-0.2, 0) is 15.8 Å². The fourth-order valence-corrected chi connectivity index (χ4v) is 2.13. The zero-order valence-corrected chi connectivity index (χ0v) is 12.6. The summed E-state index contributed by atoms with van der Waals surface area (Å²) in [6, 6.07) is 0. The predicted molar refractivity (Wildman–Crippen MR) is 81.3 cm³/mol. The van der Waals surface area contributed by atoms with Gasteiger partial charge in [-0.05, 0) is 0 Å². The quantitative estimate of drug-likeness (QED) is 0.302. The number of fused-ring (bicyclic) bond motifs is 1. The third kappa shape index (κ3) is 4.25. The smallest absolute Gasteiger partial charge is 0.350 e. The third-order valence-corrected chi connectivity index (χ3v) is 3.15. The van der Waals surface area contributed by atoms with Crippen molar-refractivity contribution in [3.05, 3.63) is 19.0 Å². The highest BCUT2D eigenvalue weighted by Gasteiger charge is 2.14.